The average molecular weight is 317 g/mol. The fourth-order valence-corrected chi connectivity index (χ4v) is 3.13. The number of rotatable bonds is 3. The summed E-state index contributed by atoms with van der Waals surface area (Å²) in [5.74, 6) is -1.12. The first-order valence-electron chi connectivity index (χ1n) is 7.59. The Hall–Kier alpha value is -2.57. The molecule has 1 saturated heterocycles. The van der Waals surface area contributed by atoms with E-state index >= 15 is 0 Å². The lowest BCUT2D eigenvalue weighted by molar-refractivity contribution is -0.153. The Balaban J connectivity index is 1.82. The summed E-state index contributed by atoms with van der Waals surface area (Å²) in [5.41, 5.74) is 0.0970. The number of piperidine rings is 1. The number of fused-ring (bicyclic) bond motifs is 1. The first kappa shape index (κ1) is 15.3. The fourth-order valence-electron chi connectivity index (χ4n) is 3.13. The van der Waals surface area contributed by atoms with Crippen LogP contribution in [0, 0.1) is 5.41 Å². The van der Waals surface area contributed by atoms with Gasteiger partial charge in [0, 0.05) is 13.1 Å². The van der Waals surface area contributed by atoms with E-state index in [1.807, 2.05) is 6.07 Å². The number of aromatic amines is 1. The molecule has 1 fully saturated rings. The highest BCUT2D eigenvalue weighted by molar-refractivity contribution is 5.82. The third-order valence-corrected chi connectivity index (χ3v) is 4.54. The van der Waals surface area contributed by atoms with Crippen molar-refractivity contribution in [2.75, 3.05) is 13.1 Å². The van der Waals surface area contributed by atoms with Crippen LogP contribution in [0.15, 0.2) is 29.1 Å². The zero-order valence-electron chi connectivity index (χ0n) is 12.9. The van der Waals surface area contributed by atoms with E-state index in [1.54, 1.807) is 30.0 Å². The normalized spacial score (nSPS) is 21.5. The van der Waals surface area contributed by atoms with Crippen molar-refractivity contribution in [3.63, 3.8) is 0 Å². The number of benzene rings is 1. The lowest BCUT2D eigenvalue weighted by atomic mass is 9.82. The smallest absolute Gasteiger partial charge is 0.326 e. The zero-order chi connectivity index (χ0) is 16.6. The Bertz CT molecular complexity index is 822. The molecule has 23 heavy (non-hydrogen) atoms. The molecule has 0 bridgehead atoms. The largest absolute Gasteiger partial charge is 0.481 e. The van der Waals surface area contributed by atoms with Crippen LogP contribution in [-0.2, 0) is 16.1 Å². The van der Waals surface area contributed by atoms with E-state index in [0.717, 1.165) is 0 Å². The molecule has 0 spiro atoms. The van der Waals surface area contributed by atoms with Gasteiger partial charge in [-0.2, -0.15) is 0 Å². The Kier molecular flexibility index (Phi) is 3.71. The van der Waals surface area contributed by atoms with Gasteiger partial charge in [-0.05, 0) is 31.9 Å². The molecule has 1 unspecified atom stereocenters. The number of carboxylic acid groups (broad SMARTS) is 1. The molecule has 1 atom stereocenters. The minimum Gasteiger partial charge on any atom is -0.481 e. The first-order chi connectivity index (χ1) is 10.9. The maximum atomic E-state index is 12.5. The van der Waals surface area contributed by atoms with Gasteiger partial charge in [0.2, 0.25) is 5.91 Å². The van der Waals surface area contributed by atoms with E-state index in [4.69, 9.17) is 0 Å². The zero-order valence-corrected chi connectivity index (χ0v) is 12.9. The van der Waals surface area contributed by atoms with E-state index in [2.05, 4.69) is 4.98 Å². The minimum atomic E-state index is -0.918. The van der Waals surface area contributed by atoms with Crippen LogP contribution >= 0.6 is 0 Å². The van der Waals surface area contributed by atoms with Gasteiger partial charge in [-0.25, -0.2) is 4.79 Å². The number of aliphatic carboxylic acids is 1. The lowest BCUT2D eigenvalue weighted by Crippen LogP contribution is -2.49. The van der Waals surface area contributed by atoms with Gasteiger partial charge in [-0.15, -0.1) is 0 Å². The number of carbonyl (C=O) groups is 2. The van der Waals surface area contributed by atoms with Crippen molar-refractivity contribution in [1.82, 2.24) is 14.5 Å². The number of nitrogens with one attached hydrogen (secondary N) is 1. The van der Waals surface area contributed by atoms with Crippen LogP contribution in [0.4, 0.5) is 0 Å². The molecule has 7 heteroatoms. The van der Waals surface area contributed by atoms with Gasteiger partial charge in [0.1, 0.15) is 6.54 Å². The van der Waals surface area contributed by atoms with Crippen LogP contribution in [0.2, 0.25) is 0 Å². The van der Waals surface area contributed by atoms with Crippen molar-refractivity contribution in [3.8, 4) is 0 Å². The Morgan fingerprint density at radius 2 is 2.09 bits per heavy atom. The second kappa shape index (κ2) is 5.57. The van der Waals surface area contributed by atoms with E-state index in [9.17, 15) is 19.5 Å². The molecule has 1 aromatic heterocycles. The van der Waals surface area contributed by atoms with Crippen LogP contribution in [0.1, 0.15) is 19.8 Å². The van der Waals surface area contributed by atoms with Gasteiger partial charge in [-0.3, -0.25) is 14.2 Å². The molecule has 2 aromatic rings. The highest BCUT2D eigenvalue weighted by atomic mass is 16.4. The molecule has 7 nitrogen and oxygen atoms in total. The van der Waals surface area contributed by atoms with Crippen molar-refractivity contribution in [2.24, 2.45) is 5.41 Å². The predicted molar refractivity (Wildman–Crippen MR) is 84.1 cm³/mol. The standard InChI is InChI=1S/C16H19N3O4/c1-16(14(21)22)7-4-8-18(10-16)13(20)9-19-12-6-3-2-5-11(12)17-15(19)23/h2-3,5-6H,4,7-10H2,1H3,(H,17,23)(H,21,22). The van der Waals surface area contributed by atoms with Gasteiger partial charge in [0.15, 0.2) is 0 Å². The number of amides is 1. The fraction of sp³-hybridized carbons (Fsp3) is 0.438. The van der Waals surface area contributed by atoms with Crippen LogP contribution in [-0.4, -0.2) is 44.5 Å². The second-order valence-corrected chi connectivity index (χ2v) is 6.32. The molecule has 2 N–H and O–H groups in total. The monoisotopic (exact) mass is 317 g/mol. The van der Waals surface area contributed by atoms with E-state index in [0.29, 0.717) is 30.4 Å². The molecule has 1 aliphatic rings. The van der Waals surface area contributed by atoms with Crippen LogP contribution < -0.4 is 5.69 Å². The summed E-state index contributed by atoms with van der Waals surface area (Å²) in [6.07, 6.45) is 1.20. The molecule has 2 heterocycles. The third-order valence-electron chi connectivity index (χ3n) is 4.54. The van der Waals surface area contributed by atoms with Crippen LogP contribution in [0.3, 0.4) is 0 Å². The topological polar surface area (TPSA) is 95.4 Å². The number of hydrogen-bond donors (Lipinski definition) is 2. The van der Waals surface area contributed by atoms with Gasteiger partial charge < -0.3 is 15.0 Å². The predicted octanol–water partition coefficient (Wildman–Crippen LogP) is 1.04. The molecule has 1 aliphatic heterocycles. The molecule has 0 aliphatic carbocycles. The molecule has 0 saturated carbocycles. The van der Waals surface area contributed by atoms with E-state index in [-0.39, 0.29) is 24.7 Å². The van der Waals surface area contributed by atoms with Crippen molar-refractivity contribution >= 4 is 22.9 Å². The number of H-pyrrole nitrogens is 1. The summed E-state index contributed by atoms with van der Waals surface area (Å²) in [5, 5.41) is 9.34. The number of para-hydroxylation sites is 2. The van der Waals surface area contributed by atoms with Crippen molar-refractivity contribution in [3.05, 3.63) is 34.7 Å². The highest BCUT2D eigenvalue weighted by Gasteiger charge is 2.39. The number of imidazole rings is 1. The van der Waals surface area contributed by atoms with Crippen molar-refractivity contribution < 1.29 is 14.7 Å². The maximum absolute atomic E-state index is 12.5. The Labute approximate surface area is 132 Å². The molecule has 1 aromatic carbocycles. The summed E-state index contributed by atoms with van der Waals surface area (Å²) in [6.45, 7) is 2.28. The summed E-state index contributed by atoms with van der Waals surface area (Å²) >= 11 is 0. The SMILES string of the molecule is CC1(C(=O)O)CCCN(C(=O)Cn2c(=O)[nH]c3ccccc32)C1. The van der Waals surface area contributed by atoms with E-state index < -0.39 is 11.4 Å². The van der Waals surface area contributed by atoms with Gasteiger partial charge in [0.05, 0.1) is 16.4 Å². The van der Waals surface area contributed by atoms with Crippen molar-refractivity contribution in [2.45, 2.75) is 26.3 Å². The number of carbonyl (C=O) groups excluding carboxylic acids is 1. The number of hydrogen-bond acceptors (Lipinski definition) is 3. The number of nitrogens with zero attached hydrogens (tertiary/aromatic N) is 2. The van der Waals surface area contributed by atoms with Gasteiger partial charge in [-0.1, -0.05) is 12.1 Å². The quantitative estimate of drug-likeness (QED) is 0.884. The maximum Gasteiger partial charge on any atom is 0.326 e. The lowest BCUT2D eigenvalue weighted by Gasteiger charge is -2.37. The van der Waals surface area contributed by atoms with Crippen LogP contribution in [0.25, 0.3) is 11.0 Å². The average Bonchev–Trinajstić information content (AvgIpc) is 2.83. The molecule has 0 radical (unpaired) electrons. The van der Waals surface area contributed by atoms with Crippen molar-refractivity contribution in [1.29, 1.82) is 0 Å². The molecular weight excluding hydrogens is 298 g/mol. The van der Waals surface area contributed by atoms with Gasteiger partial charge >= 0.3 is 11.7 Å². The summed E-state index contributed by atoms with van der Waals surface area (Å²) < 4.78 is 1.39. The second-order valence-electron chi connectivity index (χ2n) is 6.32. The molecule has 1 amide bonds. The third kappa shape index (κ3) is 2.74. The Morgan fingerprint density at radius 1 is 1.35 bits per heavy atom. The van der Waals surface area contributed by atoms with Gasteiger partial charge in [0.25, 0.3) is 0 Å². The summed E-state index contributed by atoms with van der Waals surface area (Å²) in [6, 6.07) is 7.17. The Morgan fingerprint density at radius 3 is 2.83 bits per heavy atom. The molecular formula is C16H19N3O4. The number of aromatic nitrogens is 2. The highest BCUT2D eigenvalue weighted by Crippen LogP contribution is 2.29. The van der Waals surface area contributed by atoms with E-state index in [1.165, 1.54) is 4.57 Å². The number of carboxylic acids is 1. The molecule has 122 valence electrons. The first-order valence-corrected chi connectivity index (χ1v) is 7.59. The van der Waals surface area contributed by atoms with Crippen LogP contribution in [0.5, 0.6) is 0 Å². The number of likely N-dealkylation sites (tertiary alicyclic amines) is 1. The summed E-state index contributed by atoms with van der Waals surface area (Å²) in [7, 11) is 0. The minimum absolute atomic E-state index is 0.0848. The summed E-state index contributed by atoms with van der Waals surface area (Å²) in [4.78, 5) is 40.2. The molecule has 3 rings (SSSR count).